The van der Waals surface area contributed by atoms with Gasteiger partial charge in [-0.05, 0) is 13.8 Å². The van der Waals surface area contributed by atoms with E-state index in [0.29, 0.717) is 45.9 Å². The van der Waals surface area contributed by atoms with Crippen LogP contribution in [0.25, 0.3) is 89.7 Å². The van der Waals surface area contributed by atoms with E-state index in [1.807, 2.05) is 78.9 Å². The zero-order chi connectivity index (χ0) is 32.2. The summed E-state index contributed by atoms with van der Waals surface area (Å²) in [5.74, 6) is 2.40. The number of nitrogens with zero attached hydrogens (tertiary/aromatic N) is 6. The van der Waals surface area contributed by atoms with Gasteiger partial charge in [-0.2, -0.15) is 0 Å². The van der Waals surface area contributed by atoms with Gasteiger partial charge in [0.25, 0.3) is 0 Å². The molecular weight excluding hydrogens is 624 g/mol. The Bertz CT molecular complexity index is 2510. The van der Waals surface area contributed by atoms with E-state index in [0.717, 1.165) is 47.7 Å². The standard InChI is InChI=1S/C32H17N8.C4H10O2.Ti/c1-2-10-18-17(9-1)25-33-26(18)38-28-21-13-5-6-14-22(21)30(35-28)40-32-24-16-8-7-15-23(24)31(36-32)39-29-20-12-4-3-11-19(20)27(34-29)37-25;1-3(5)4(2)6;/h1-15H,(H2,33,34,35,36,37,38,39,40);3-6H,1-2H3;. The molecule has 5 heterocycles. The predicted molar refractivity (Wildman–Crippen MR) is 179 cm³/mol. The quantitative estimate of drug-likeness (QED) is 0.163. The summed E-state index contributed by atoms with van der Waals surface area (Å²) in [5, 5.41) is 20.6. The van der Waals surface area contributed by atoms with Gasteiger partial charge in [0, 0.05) is 0 Å². The van der Waals surface area contributed by atoms with E-state index in [1.165, 1.54) is 0 Å². The summed E-state index contributed by atoms with van der Waals surface area (Å²) in [6.45, 7) is 3.09. The van der Waals surface area contributed by atoms with Gasteiger partial charge < -0.3 is 10.2 Å². The van der Waals surface area contributed by atoms with Gasteiger partial charge >= 0.3 is 239 Å². The number of hydrogen-bond donors (Lipinski definition) is 4. The van der Waals surface area contributed by atoms with Crippen molar-refractivity contribution in [2.24, 2.45) is 0 Å². The normalized spacial score (nSPS) is 13.0. The van der Waals surface area contributed by atoms with Crippen LogP contribution >= 0.6 is 0 Å². The van der Waals surface area contributed by atoms with Crippen molar-refractivity contribution in [2.45, 2.75) is 26.1 Å². The van der Waals surface area contributed by atoms with Crippen LogP contribution in [-0.2, 0) is 20.4 Å². The Balaban J connectivity index is 0.000000497. The number of hydrogen-bond acceptors (Lipinski definition) is 8. The van der Waals surface area contributed by atoms with Crippen molar-refractivity contribution in [2.75, 3.05) is 0 Å². The SMILES string of the molecule is CC(O)C(C)O.[Ti][c]1cccc2c3nc4nc(nc5[nH]c(nc6nc(nc([nH]3)c12)-c1ccccc1-6)c1ccccc51)-c1ccccc1-4. The number of aromatic nitrogens is 8. The third-order valence-corrected chi connectivity index (χ3v) is 8.93. The van der Waals surface area contributed by atoms with E-state index in [1.54, 1.807) is 13.8 Å². The second kappa shape index (κ2) is 11.6. The molecule has 2 unspecified atom stereocenters. The first-order chi connectivity index (χ1) is 22.9. The first-order valence-corrected chi connectivity index (χ1v) is 15.9. The number of aliphatic hydroxyl groups excluding tert-OH is 2. The molecule has 8 bridgehead atoms. The maximum atomic E-state index is 8.38. The fourth-order valence-electron chi connectivity index (χ4n) is 5.69. The Kier molecular flexibility index (Phi) is 7.22. The molecule has 0 saturated carbocycles. The number of fused-ring (bicyclic) bond motifs is 20. The van der Waals surface area contributed by atoms with Crippen LogP contribution in [0.3, 0.4) is 0 Å². The van der Waals surface area contributed by atoms with Gasteiger partial charge in [0.2, 0.25) is 0 Å². The molecular formula is C36H27N8O2Ti. The minimum atomic E-state index is -0.593. The number of H-pyrrole nitrogens is 2. The first-order valence-electron chi connectivity index (χ1n) is 15.2. The van der Waals surface area contributed by atoms with Crippen molar-refractivity contribution in [3.05, 3.63) is 91.0 Å². The number of benzene rings is 4. The van der Waals surface area contributed by atoms with E-state index in [9.17, 15) is 0 Å². The van der Waals surface area contributed by atoms with Crippen LogP contribution in [-0.4, -0.2) is 62.3 Å². The summed E-state index contributed by atoms with van der Waals surface area (Å²) < 4.78 is 1.10. The average molecular weight is 652 g/mol. The summed E-state index contributed by atoms with van der Waals surface area (Å²) in [6.07, 6.45) is -1.19. The molecule has 2 aliphatic heterocycles. The van der Waals surface area contributed by atoms with E-state index < -0.39 is 12.2 Å². The molecule has 10 nitrogen and oxygen atoms in total. The van der Waals surface area contributed by atoms with Crippen molar-refractivity contribution in [1.82, 2.24) is 39.9 Å². The number of aliphatic hydroxyl groups is 2. The van der Waals surface area contributed by atoms with Crippen LogP contribution in [0.4, 0.5) is 0 Å². The molecule has 9 rings (SSSR count). The summed E-state index contributed by atoms with van der Waals surface area (Å²) in [5.41, 5.74) is 6.48. The molecule has 227 valence electrons. The maximum absolute atomic E-state index is 8.38. The molecule has 2 atom stereocenters. The topological polar surface area (TPSA) is 149 Å². The summed E-state index contributed by atoms with van der Waals surface area (Å²) in [6, 6.07) is 30.4. The van der Waals surface area contributed by atoms with Crippen LogP contribution < -0.4 is 3.87 Å². The Morgan fingerprint density at radius 1 is 0.468 bits per heavy atom. The fraction of sp³-hybridized carbons (Fsp3) is 0.111. The van der Waals surface area contributed by atoms with Gasteiger partial charge in [0.05, 0.1) is 12.2 Å². The molecule has 0 radical (unpaired) electrons. The Morgan fingerprint density at radius 3 is 1.28 bits per heavy atom. The van der Waals surface area contributed by atoms with E-state index >= 15 is 0 Å². The average Bonchev–Trinajstić information content (AvgIpc) is 3.81. The van der Waals surface area contributed by atoms with Gasteiger partial charge in [-0.25, -0.2) is 0 Å². The van der Waals surface area contributed by atoms with Gasteiger partial charge in [0.1, 0.15) is 0 Å². The molecule has 0 spiro atoms. The summed E-state index contributed by atoms with van der Waals surface area (Å²) in [4.78, 5) is 37.0. The van der Waals surface area contributed by atoms with Crippen LogP contribution in [0.5, 0.6) is 0 Å². The van der Waals surface area contributed by atoms with Crippen molar-refractivity contribution >= 4 is 48.0 Å². The van der Waals surface area contributed by atoms with Crippen LogP contribution in [0, 0.1) is 0 Å². The van der Waals surface area contributed by atoms with Gasteiger partial charge in [-0.15, -0.1) is 0 Å². The third-order valence-electron chi connectivity index (χ3n) is 8.28. The molecule has 0 amide bonds. The van der Waals surface area contributed by atoms with E-state index in [-0.39, 0.29) is 0 Å². The molecule has 4 N–H and O–H groups in total. The number of rotatable bonds is 1. The van der Waals surface area contributed by atoms with Gasteiger partial charge in [0.15, 0.2) is 0 Å². The van der Waals surface area contributed by atoms with Crippen molar-refractivity contribution in [1.29, 1.82) is 0 Å². The first kappa shape index (κ1) is 29.3. The molecule has 0 fully saturated rings. The van der Waals surface area contributed by atoms with Crippen molar-refractivity contribution in [3.8, 4) is 45.6 Å². The predicted octanol–water partition coefficient (Wildman–Crippen LogP) is 5.79. The van der Waals surface area contributed by atoms with E-state index in [2.05, 4.69) is 42.5 Å². The second-order valence-electron chi connectivity index (χ2n) is 11.5. The number of nitrogens with one attached hydrogen (secondary N) is 2. The van der Waals surface area contributed by atoms with Crippen LogP contribution in [0.1, 0.15) is 13.8 Å². The molecule has 0 saturated heterocycles. The minimum absolute atomic E-state index is 0.593. The molecule has 3 aromatic heterocycles. The van der Waals surface area contributed by atoms with Gasteiger partial charge in [-0.1, -0.05) is 6.07 Å². The van der Waals surface area contributed by atoms with Crippen LogP contribution in [0.15, 0.2) is 91.0 Å². The van der Waals surface area contributed by atoms with E-state index in [4.69, 9.17) is 40.1 Å². The Hall–Kier alpha value is -5.13. The van der Waals surface area contributed by atoms with Crippen molar-refractivity contribution in [3.63, 3.8) is 0 Å². The summed E-state index contributed by atoms with van der Waals surface area (Å²) in [7, 11) is 0. The Labute approximate surface area is 280 Å². The second-order valence-corrected chi connectivity index (χ2v) is 12.3. The molecule has 2 aliphatic rings. The zero-order valence-electron chi connectivity index (χ0n) is 25.4. The molecule has 7 aromatic rings. The number of aromatic amines is 2. The molecule has 0 aliphatic carbocycles. The van der Waals surface area contributed by atoms with Crippen molar-refractivity contribution < 1.29 is 30.6 Å². The molecule has 4 aromatic carbocycles. The molecule has 47 heavy (non-hydrogen) atoms. The Morgan fingerprint density at radius 2 is 0.830 bits per heavy atom. The van der Waals surface area contributed by atoms with Gasteiger partial charge in [-0.3, -0.25) is 0 Å². The van der Waals surface area contributed by atoms with Crippen LogP contribution in [0.2, 0.25) is 0 Å². The summed E-state index contributed by atoms with van der Waals surface area (Å²) >= 11 is 2.08. The molecule has 11 heteroatoms. The monoisotopic (exact) mass is 651 g/mol. The fourth-order valence-corrected chi connectivity index (χ4v) is 6.24. The third kappa shape index (κ3) is 5.12. The zero-order valence-corrected chi connectivity index (χ0v) is 27.0.